The molecule has 0 aliphatic rings. The van der Waals surface area contributed by atoms with Crippen LogP contribution in [0.4, 0.5) is 0 Å². The molecule has 0 saturated carbocycles. The Labute approximate surface area is 105 Å². The Morgan fingerprint density at radius 2 is 1.72 bits per heavy atom. The third kappa shape index (κ3) is 3.04. The van der Waals surface area contributed by atoms with Gasteiger partial charge in [-0.25, -0.2) is 18.4 Å². The molecule has 0 radical (unpaired) electrons. The van der Waals surface area contributed by atoms with Crippen molar-refractivity contribution in [1.29, 1.82) is 0 Å². The predicted molar refractivity (Wildman–Crippen MR) is 66.4 cm³/mol. The number of sulfone groups is 1. The minimum Gasteiger partial charge on any atom is -0.438 e. The van der Waals surface area contributed by atoms with Crippen LogP contribution >= 0.6 is 0 Å². The molecule has 0 N–H and O–H groups in total. The van der Waals surface area contributed by atoms with Gasteiger partial charge in [0.1, 0.15) is 5.75 Å². The van der Waals surface area contributed by atoms with Gasteiger partial charge in [-0.15, -0.1) is 0 Å². The summed E-state index contributed by atoms with van der Waals surface area (Å²) in [5, 5.41) is -0.0706. The summed E-state index contributed by atoms with van der Waals surface area (Å²) in [6.07, 6.45) is 3.55. The average Bonchev–Trinajstić information content (AvgIpc) is 2.32. The third-order valence-corrected chi connectivity index (χ3v) is 3.20. The van der Waals surface area contributed by atoms with Gasteiger partial charge in [0.15, 0.2) is 14.9 Å². The van der Waals surface area contributed by atoms with E-state index in [1.54, 1.807) is 0 Å². The molecule has 2 aromatic rings. The van der Waals surface area contributed by atoms with E-state index in [2.05, 4.69) is 9.97 Å². The van der Waals surface area contributed by atoms with Crippen molar-refractivity contribution in [2.75, 3.05) is 6.26 Å². The normalized spacial score (nSPS) is 11.2. The second-order valence-electron chi connectivity index (χ2n) is 3.88. The van der Waals surface area contributed by atoms with Crippen LogP contribution in [0, 0.1) is 6.92 Å². The maximum absolute atomic E-state index is 11.2. The van der Waals surface area contributed by atoms with Gasteiger partial charge in [0, 0.05) is 6.26 Å². The van der Waals surface area contributed by atoms with E-state index >= 15 is 0 Å². The van der Waals surface area contributed by atoms with Crippen LogP contribution < -0.4 is 4.74 Å². The highest BCUT2D eigenvalue weighted by Crippen LogP contribution is 2.19. The largest absolute Gasteiger partial charge is 0.438 e. The summed E-state index contributed by atoms with van der Waals surface area (Å²) in [5.74, 6) is 0.883. The maximum Gasteiger partial charge on any atom is 0.237 e. The molecule has 1 aromatic heterocycles. The topological polar surface area (TPSA) is 69.2 Å². The number of nitrogens with zero attached hydrogens (tertiary/aromatic N) is 2. The molecule has 0 atom stereocenters. The number of hydrogen-bond donors (Lipinski definition) is 0. The van der Waals surface area contributed by atoms with Crippen LogP contribution in [0.3, 0.4) is 0 Å². The Morgan fingerprint density at radius 1 is 1.06 bits per heavy atom. The van der Waals surface area contributed by atoms with Gasteiger partial charge in [-0.3, -0.25) is 0 Å². The molecule has 2 rings (SSSR count). The number of ether oxygens (including phenoxy) is 1. The zero-order chi connectivity index (χ0) is 13.2. The lowest BCUT2D eigenvalue weighted by Crippen LogP contribution is -2.01. The Balaban J connectivity index is 2.18. The van der Waals surface area contributed by atoms with Crippen molar-refractivity contribution in [3.05, 3.63) is 42.2 Å². The molecule has 0 bridgehead atoms. The summed E-state index contributed by atoms with van der Waals surface area (Å²) in [6.45, 7) is 1.98. The van der Waals surface area contributed by atoms with Crippen LogP contribution in [-0.2, 0) is 9.84 Å². The van der Waals surface area contributed by atoms with Crippen LogP contribution in [0.25, 0.3) is 0 Å². The summed E-state index contributed by atoms with van der Waals surface area (Å²) in [5.41, 5.74) is 1.13. The second kappa shape index (κ2) is 4.73. The Morgan fingerprint density at radius 3 is 2.22 bits per heavy atom. The lowest BCUT2D eigenvalue weighted by atomic mass is 10.2. The third-order valence-electron chi connectivity index (χ3n) is 2.23. The molecule has 0 fully saturated rings. The van der Waals surface area contributed by atoms with E-state index in [9.17, 15) is 8.42 Å². The lowest BCUT2D eigenvalue weighted by molar-refractivity contribution is 0.458. The maximum atomic E-state index is 11.2. The molecule has 5 nitrogen and oxygen atoms in total. The summed E-state index contributed by atoms with van der Waals surface area (Å²) >= 11 is 0. The number of benzene rings is 1. The van der Waals surface area contributed by atoms with Gasteiger partial charge in [-0.05, 0) is 19.1 Å². The Bertz CT molecular complexity index is 634. The molecule has 1 heterocycles. The number of aromatic nitrogens is 2. The fourth-order valence-corrected chi connectivity index (χ4v) is 1.76. The monoisotopic (exact) mass is 264 g/mol. The molecular formula is C12H12N2O3S. The van der Waals surface area contributed by atoms with Crippen molar-refractivity contribution < 1.29 is 13.2 Å². The standard InChI is InChI=1S/C12H12N2O3S/c1-9-3-5-10(6-4-9)17-11-7-14-12(8-13-11)18(2,15)16/h3-8H,1-2H3. The first-order chi connectivity index (χ1) is 8.45. The first-order valence-corrected chi connectivity index (χ1v) is 7.11. The van der Waals surface area contributed by atoms with Crippen LogP contribution in [0.5, 0.6) is 11.6 Å². The molecule has 0 unspecified atom stereocenters. The molecule has 0 aliphatic carbocycles. The van der Waals surface area contributed by atoms with Crippen molar-refractivity contribution in [3.8, 4) is 11.6 Å². The molecule has 0 spiro atoms. The SMILES string of the molecule is Cc1ccc(Oc2cnc(S(C)(=O)=O)cn2)cc1. The van der Waals surface area contributed by atoms with Crippen LogP contribution in [-0.4, -0.2) is 24.6 Å². The van der Waals surface area contributed by atoms with Gasteiger partial charge in [0.25, 0.3) is 0 Å². The van der Waals surface area contributed by atoms with Crippen LogP contribution in [0.15, 0.2) is 41.7 Å². The number of rotatable bonds is 3. The summed E-state index contributed by atoms with van der Waals surface area (Å²) < 4.78 is 27.8. The minimum absolute atomic E-state index is 0.0706. The van der Waals surface area contributed by atoms with Crippen molar-refractivity contribution in [1.82, 2.24) is 9.97 Å². The fourth-order valence-electron chi connectivity index (χ4n) is 1.28. The van der Waals surface area contributed by atoms with E-state index in [1.165, 1.54) is 12.4 Å². The van der Waals surface area contributed by atoms with E-state index in [-0.39, 0.29) is 10.9 Å². The molecule has 94 valence electrons. The van der Waals surface area contributed by atoms with Gasteiger partial charge in [-0.1, -0.05) is 17.7 Å². The summed E-state index contributed by atoms with van der Waals surface area (Å²) in [4.78, 5) is 7.69. The smallest absolute Gasteiger partial charge is 0.237 e. The van der Waals surface area contributed by atoms with Crippen molar-refractivity contribution >= 4 is 9.84 Å². The zero-order valence-electron chi connectivity index (χ0n) is 9.99. The molecule has 6 heteroatoms. The highest BCUT2D eigenvalue weighted by atomic mass is 32.2. The van der Waals surface area contributed by atoms with E-state index in [0.717, 1.165) is 11.8 Å². The van der Waals surface area contributed by atoms with E-state index in [4.69, 9.17) is 4.74 Å². The van der Waals surface area contributed by atoms with Gasteiger partial charge >= 0.3 is 0 Å². The molecule has 0 amide bonds. The van der Waals surface area contributed by atoms with E-state index in [0.29, 0.717) is 5.75 Å². The van der Waals surface area contributed by atoms with Crippen molar-refractivity contribution in [2.45, 2.75) is 11.9 Å². The molecule has 0 aliphatic heterocycles. The van der Waals surface area contributed by atoms with Crippen molar-refractivity contribution in [3.63, 3.8) is 0 Å². The summed E-state index contributed by atoms with van der Waals surface area (Å²) in [6, 6.07) is 7.43. The molecule has 1 aromatic carbocycles. The van der Waals surface area contributed by atoms with Gasteiger partial charge in [0.2, 0.25) is 5.88 Å². The highest BCUT2D eigenvalue weighted by Gasteiger charge is 2.09. The fraction of sp³-hybridized carbons (Fsp3) is 0.167. The zero-order valence-corrected chi connectivity index (χ0v) is 10.8. The number of aryl methyl sites for hydroxylation is 1. The lowest BCUT2D eigenvalue weighted by Gasteiger charge is -2.04. The van der Waals surface area contributed by atoms with E-state index < -0.39 is 9.84 Å². The quantitative estimate of drug-likeness (QED) is 0.847. The predicted octanol–water partition coefficient (Wildman–Crippen LogP) is 1.98. The molecule has 18 heavy (non-hydrogen) atoms. The average molecular weight is 264 g/mol. The number of hydrogen-bond acceptors (Lipinski definition) is 5. The highest BCUT2D eigenvalue weighted by molar-refractivity contribution is 7.90. The first-order valence-electron chi connectivity index (χ1n) is 5.22. The van der Waals surface area contributed by atoms with E-state index in [1.807, 2.05) is 31.2 Å². The van der Waals surface area contributed by atoms with Gasteiger partial charge in [0.05, 0.1) is 12.4 Å². The summed E-state index contributed by atoms with van der Waals surface area (Å²) in [7, 11) is -3.33. The first kappa shape index (κ1) is 12.5. The minimum atomic E-state index is -3.33. The van der Waals surface area contributed by atoms with Crippen LogP contribution in [0.1, 0.15) is 5.56 Å². The Hall–Kier alpha value is -1.95. The molecular weight excluding hydrogens is 252 g/mol. The Kier molecular flexibility index (Phi) is 3.29. The van der Waals surface area contributed by atoms with Crippen molar-refractivity contribution in [2.24, 2.45) is 0 Å². The molecule has 0 saturated heterocycles. The van der Waals surface area contributed by atoms with Gasteiger partial charge < -0.3 is 4.74 Å². The van der Waals surface area contributed by atoms with Crippen LogP contribution in [0.2, 0.25) is 0 Å². The second-order valence-corrected chi connectivity index (χ2v) is 5.84. The van der Waals surface area contributed by atoms with Gasteiger partial charge in [-0.2, -0.15) is 0 Å².